The molecule has 0 saturated heterocycles. The van der Waals surface area contributed by atoms with E-state index >= 15 is 0 Å². The number of aromatic nitrogens is 2. The standard InChI is InChI=1S/C13H22ClN3O/c1-5-11-7-12(17(4)16-11)13(18)15-8-10(14)6-9(2)3/h7,9-10H,5-6,8H2,1-4H3,(H,15,18). The smallest absolute Gasteiger partial charge is 0.269 e. The molecule has 1 unspecified atom stereocenters. The highest BCUT2D eigenvalue weighted by Crippen LogP contribution is 2.10. The van der Waals surface area contributed by atoms with Gasteiger partial charge in [0.15, 0.2) is 0 Å². The van der Waals surface area contributed by atoms with Crippen molar-refractivity contribution in [3.05, 3.63) is 17.5 Å². The average Bonchev–Trinajstić information content (AvgIpc) is 2.66. The van der Waals surface area contributed by atoms with E-state index in [2.05, 4.69) is 24.3 Å². The Hall–Kier alpha value is -1.03. The Balaban J connectivity index is 2.52. The van der Waals surface area contributed by atoms with Gasteiger partial charge in [-0.2, -0.15) is 5.10 Å². The Bertz CT molecular complexity index is 401. The largest absolute Gasteiger partial charge is 0.349 e. The summed E-state index contributed by atoms with van der Waals surface area (Å²) in [6.45, 7) is 6.74. The van der Waals surface area contributed by atoms with Crippen LogP contribution in [0.15, 0.2) is 6.07 Å². The quantitative estimate of drug-likeness (QED) is 0.808. The minimum absolute atomic E-state index is 0.0205. The maximum Gasteiger partial charge on any atom is 0.269 e. The van der Waals surface area contributed by atoms with Gasteiger partial charge in [-0.1, -0.05) is 20.8 Å². The van der Waals surface area contributed by atoms with Crippen molar-refractivity contribution in [2.45, 2.75) is 39.0 Å². The summed E-state index contributed by atoms with van der Waals surface area (Å²) in [4.78, 5) is 12.0. The zero-order chi connectivity index (χ0) is 13.7. The van der Waals surface area contributed by atoms with Crippen LogP contribution >= 0.6 is 11.6 Å². The molecule has 0 fully saturated rings. The SMILES string of the molecule is CCc1cc(C(=O)NCC(Cl)CC(C)C)n(C)n1. The number of carbonyl (C=O) groups excluding carboxylic acids is 1. The first-order valence-corrected chi connectivity index (χ1v) is 6.82. The van der Waals surface area contributed by atoms with Crippen LogP contribution in [-0.4, -0.2) is 27.6 Å². The van der Waals surface area contributed by atoms with Gasteiger partial charge in [0.1, 0.15) is 5.69 Å². The molecule has 4 nitrogen and oxygen atoms in total. The van der Waals surface area contributed by atoms with Crippen molar-refractivity contribution in [2.24, 2.45) is 13.0 Å². The third-order valence-corrected chi connectivity index (χ3v) is 3.07. The molecule has 1 heterocycles. The van der Waals surface area contributed by atoms with Crippen molar-refractivity contribution in [1.82, 2.24) is 15.1 Å². The number of amides is 1. The van der Waals surface area contributed by atoms with E-state index in [-0.39, 0.29) is 11.3 Å². The number of carbonyl (C=O) groups is 1. The minimum Gasteiger partial charge on any atom is -0.349 e. The van der Waals surface area contributed by atoms with Gasteiger partial charge in [0.2, 0.25) is 0 Å². The van der Waals surface area contributed by atoms with Gasteiger partial charge in [0.25, 0.3) is 5.91 Å². The lowest BCUT2D eigenvalue weighted by molar-refractivity contribution is 0.0943. The summed E-state index contributed by atoms with van der Waals surface area (Å²) >= 11 is 6.14. The van der Waals surface area contributed by atoms with E-state index in [9.17, 15) is 4.79 Å². The lowest BCUT2D eigenvalue weighted by atomic mass is 10.1. The van der Waals surface area contributed by atoms with Crippen LogP contribution in [0.5, 0.6) is 0 Å². The summed E-state index contributed by atoms with van der Waals surface area (Å²) < 4.78 is 1.61. The Morgan fingerprint density at radius 3 is 2.72 bits per heavy atom. The maximum atomic E-state index is 12.0. The highest BCUT2D eigenvalue weighted by atomic mass is 35.5. The van der Waals surface area contributed by atoms with Crippen LogP contribution in [0.1, 0.15) is 43.4 Å². The molecule has 102 valence electrons. The number of hydrogen-bond acceptors (Lipinski definition) is 2. The minimum atomic E-state index is -0.112. The summed E-state index contributed by atoms with van der Waals surface area (Å²) in [7, 11) is 1.78. The number of hydrogen-bond donors (Lipinski definition) is 1. The first-order valence-electron chi connectivity index (χ1n) is 6.39. The second kappa shape index (κ2) is 6.78. The number of rotatable bonds is 6. The van der Waals surface area contributed by atoms with Gasteiger partial charge in [-0.25, -0.2) is 0 Å². The molecule has 0 spiro atoms. The second-order valence-electron chi connectivity index (χ2n) is 4.93. The zero-order valence-corrected chi connectivity index (χ0v) is 12.3. The summed E-state index contributed by atoms with van der Waals surface area (Å²) in [6.07, 6.45) is 1.72. The molecule has 0 saturated carbocycles. The number of nitrogens with one attached hydrogen (secondary N) is 1. The van der Waals surface area contributed by atoms with E-state index < -0.39 is 0 Å². The van der Waals surface area contributed by atoms with E-state index in [1.165, 1.54) is 0 Å². The Morgan fingerprint density at radius 1 is 1.56 bits per heavy atom. The predicted octanol–water partition coefficient (Wildman–Crippen LogP) is 2.37. The molecule has 5 heteroatoms. The van der Waals surface area contributed by atoms with E-state index in [0.29, 0.717) is 18.2 Å². The third kappa shape index (κ3) is 4.33. The van der Waals surface area contributed by atoms with Crippen LogP contribution in [0.4, 0.5) is 0 Å². The second-order valence-corrected chi connectivity index (χ2v) is 5.55. The molecule has 18 heavy (non-hydrogen) atoms. The van der Waals surface area contributed by atoms with Crippen LogP contribution in [-0.2, 0) is 13.5 Å². The molecule has 0 aliphatic rings. The topological polar surface area (TPSA) is 46.9 Å². The van der Waals surface area contributed by atoms with Crippen LogP contribution in [0.2, 0.25) is 0 Å². The molecule has 1 amide bonds. The van der Waals surface area contributed by atoms with Crippen molar-refractivity contribution in [3.8, 4) is 0 Å². The van der Waals surface area contributed by atoms with Crippen LogP contribution in [0, 0.1) is 5.92 Å². The lowest BCUT2D eigenvalue weighted by Crippen LogP contribution is -2.31. The summed E-state index contributed by atoms with van der Waals surface area (Å²) in [6, 6.07) is 1.82. The fourth-order valence-corrected chi connectivity index (χ4v) is 2.23. The monoisotopic (exact) mass is 271 g/mol. The van der Waals surface area contributed by atoms with E-state index in [4.69, 9.17) is 11.6 Å². The van der Waals surface area contributed by atoms with Gasteiger partial charge in [0, 0.05) is 13.6 Å². The van der Waals surface area contributed by atoms with Gasteiger partial charge in [0.05, 0.1) is 11.1 Å². The summed E-state index contributed by atoms with van der Waals surface area (Å²) in [5.74, 6) is 0.423. The fourth-order valence-electron chi connectivity index (χ4n) is 1.80. The van der Waals surface area contributed by atoms with E-state index in [0.717, 1.165) is 18.5 Å². The Kier molecular flexibility index (Phi) is 5.66. The summed E-state index contributed by atoms with van der Waals surface area (Å²) in [5, 5.41) is 7.08. The molecular formula is C13H22ClN3O. The van der Waals surface area contributed by atoms with Gasteiger partial charge in [-0.15, -0.1) is 11.6 Å². The maximum absolute atomic E-state index is 12.0. The third-order valence-electron chi connectivity index (χ3n) is 2.74. The molecule has 0 radical (unpaired) electrons. The number of aryl methyl sites for hydroxylation is 2. The number of halogens is 1. The zero-order valence-electron chi connectivity index (χ0n) is 11.5. The molecule has 0 aromatic carbocycles. The first kappa shape index (κ1) is 15.0. The fraction of sp³-hybridized carbons (Fsp3) is 0.692. The van der Waals surface area contributed by atoms with Crippen molar-refractivity contribution in [2.75, 3.05) is 6.54 Å². The first-order chi connectivity index (χ1) is 8.43. The molecule has 0 aliphatic carbocycles. The number of alkyl halides is 1. The Labute approximate surface area is 114 Å². The normalized spacial score (nSPS) is 12.8. The van der Waals surface area contributed by atoms with Gasteiger partial charge >= 0.3 is 0 Å². The predicted molar refractivity (Wildman–Crippen MR) is 74.0 cm³/mol. The van der Waals surface area contributed by atoms with Crippen molar-refractivity contribution < 1.29 is 4.79 Å². The van der Waals surface area contributed by atoms with Gasteiger partial charge in [-0.3, -0.25) is 9.48 Å². The van der Waals surface area contributed by atoms with Crippen LogP contribution in [0.25, 0.3) is 0 Å². The van der Waals surface area contributed by atoms with Gasteiger partial charge in [-0.05, 0) is 24.8 Å². The summed E-state index contributed by atoms with van der Waals surface area (Å²) in [5.41, 5.74) is 1.51. The van der Waals surface area contributed by atoms with E-state index in [1.54, 1.807) is 11.7 Å². The lowest BCUT2D eigenvalue weighted by Gasteiger charge is -2.12. The van der Waals surface area contributed by atoms with Gasteiger partial charge < -0.3 is 5.32 Å². The average molecular weight is 272 g/mol. The molecular weight excluding hydrogens is 250 g/mol. The van der Waals surface area contributed by atoms with E-state index in [1.807, 2.05) is 13.0 Å². The molecule has 1 atom stereocenters. The van der Waals surface area contributed by atoms with Crippen LogP contribution in [0.3, 0.4) is 0 Å². The Morgan fingerprint density at radius 2 is 2.22 bits per heavy atom. The highest BCUT2D eigenvalue weighted by molar-refractivity contribution is 6.20. The van der Waals surface area contributed by atoms with Crippen LogP contribution < -0.4 is 5.32 Å². The number of nitrogens with zero attached hydrogens (tertiary/aromatic N) is 2. The molecule has 0 aliphatic heterocycles. The van der Waals surface area contributed by atoms with Crippen molar-refractivity contribution in [3.63, 3.8) is 0 Å². The van der Waals surface area contributed by atoms with Crippen molar-refractivity contribution >= 4 is 17.5 Å². The highest BCUT2D eigenvalue weighted by Gasteiger charge is 2.14. The van der Waals surface area contributed by atoms with Crippen molar-refractivity contribution in [1.29, 1.82) is 0 Å². The molecule has 1 aromatic heterocycles. The molecule has 1 rings (SSSR count). The molecule has 1 aromatic rings. The molecule has 0 bridgehead atoms. The molecule has 1 N–H and O–H groups in total.